The van der Waals surface area contributed by atoms with Gasteiger partial charge in [0.2, 0.25) is 0 Å². The molecular weight excluding hydrogens is 374 g/mol. The number of hydrogen-bond acceptors (Lipinski definition) is 7. The molecule has 1 N–H and O–H groups in total. The lowest BCUT2D eigenvalue weighted by molar-refractivity contribution is -0.384. The van der Waals surface area contributed by atoms with Gasteiger partial charge in [-0.05, 0) is 42.3 Å². The molecule has 3 rings (SSSR count). The van der Waals surface area contributed by atoms with Crippen molar-refractivity contribution in [3.05, 3.63) is 75.5 Å². The Bertz CT molecular complexity index is 1040. The molecule has 29 heavy (non-hydrogen) atoms. The maximum Gasteiger partial charge on any atom is 0.270 e. The third-order valence-electron chi connectivity index (χ3n) is 4.34. The zero-order valence-corrected chi connectivity index (χ0v) is 16.3. The summed E-state index contributed by atoms with van der Waals surface area (Å²) in [6.07, 6.45) is 1.55. The first kappa shape index (κ1) is 19.9. The number of furan rings is 1. The SMILES string of the molecule is COc1ccc(CN/N=C\c2ccc(-c3cc([N+](=O)[O-])ccc3C)o2)cc1OC. The maximum atomic E-state index is 11.0. The van der Waals surface area contributed by atoms with Gasteiger partial charge in [-0.25, -0.2) is 0 Å². The van der Waals surface area contributed by atoms with Gasteiger partial charge in [-0.1, -0.05) is 12.1 Å². The number of nitro benzene ring substituents is 1. The number of nitrogens with zero attached hydrogens (tertiary/aromatic N) is 2. The molecule has 0 bridgehead atoms. The molecule has 0 spiro atoms. The number of non-ortho nitro benzene ring substituents is 1. The molecule has 0 amide bonds. The van der Waals surface area contributed by atoms with E-state index in [1.54, 1.807) is 38.6 Å². The fourth-order valence-corrected chi connectivity index (χ4v) is 2.79. The van der Waals surface area contributed by atoms with Gasteiger partial charge in [-0.2, -0.15) is 5.10 Å². The van der Waals surface area contributed by atoms with Crippen molar-refractivity contribution in [2.24, 2.45) is 5.10 Å². The van der Waals surface area contributed by atoms with Gasteiger partial charge < -0.3 is 19.3 Å². The van der Waals surface area contributed by atoms with E-state index >= 15 is 0 Å². The van der Waals surface area contributed by atoms with Crippen molar-refractivity contribution < 1.29 is 18.8 Å². The molecule has 2 aromatic carbocycles. The smallest absolute Gasteiger partial charge is 0.270 e. The van der Waals surface area contributed by atoms with Gasteiger partial charge in [-0.3, -0.25) is 10.1 Å². The number of nitro groups is 1. The van der Waals surface area contributed by atoms with Crippen LogP contribution in [-0.2, 0) is 6.54 Å². The van der Waals surface area contributed by atoms with Crippen LogP contribution in [0.25, 0.3) is 11.3 Å². The topological polar surface area (TPSA) is 99.1 Å². The molecule has 0 saturated heterocycles. The molecular formula is C21H21N3O5. The van der Waals surface area contributed by atoms with Crippen LogP contribution in [0.2, 0.25) is 0 Å². The van der Waals surface area contributed by atoms with E-state index in [2.05, 4.69) is 10.5 Å². The number of methoxy groups -OCH3 is 2. The summed E-state index contributed by atoms with van der Waals surface area (Å²) < 4.78 is 16.3. The third kappa shape index (κ3) is 4.73. The van der Waals surface area contributed by atoms with Crippen LogP contribution in [0.15, 0.2) is 58.0 Å². The summed E-state index contributed by atoms with van der Waals surface area (Å²) in [6.45, 7) is 2.37. The highest BCUT2D eigenvalue weighted by atomic mass is 16.6. The van der Waals surface area contributed by atoms with Crippen molar-refractivity contribution in [1.82, 2.24) is 5.43 Å². The van der Waals surface area contributed by atoms with Crippen LogP contribution in [-0.4, -0.2) is 25.4 Å². The van der Waals surface area contributed by atoms with E-state index in [1.165, 1.54) is 12.1 Å². The normalized spacial score (nSPS) is 10.9. The molecule has 8 heteroatoms. The molecule has 1 aromatic heterocycles. The first-order chi connectivity index (χ1) is 14.0. The second-order valence-electron chi connectivity index (χ2n) is 6.24. The van der Waals surface area contributed by atoms with Crippen LogP contribution in [0.5, 0.6) is 11.5 Å². The Hall–Kier alpha value is -3.81. The maximum absolute atomic E-state index is 11.0. The van der Waals surface area contributed by atoms with E-state index in [9.17, 15) is 10.1 Å². The number of aryl methyl sites for hydroxylation is 1. The molecule has 0 aliphatic heterocycles. The molecule has 0 atom stereocenters. The molecule has 8 nitrogen and oxygen atoms in total. The Morgan fingerprint density at radius 3 is 2.62 bits per heavy atom. The minimum atomic E-state index is -0.424. The van der Waals surface area contributed by atoms with Gasteiger partial charge in [0, 0.05) is 17.7 Å². The van der Waals surface area contributed by atoms with Crippen molar-refractivity contribution >= 4 is 11.9 Å². The number of hydrazone groups is 1. The summed E-state index contributed by atoms with van der Waals surface area (Å²) in [6, 6.07) is 13.8. The van der Waals surface area contributed by atoms with Crippen LogP contribution in [0.4, 0.5) is 5.69 Å². The van der Waals surface area contributed by atoms with Gasteiger partial charge in [0.15, 0.2) is 11.5 Å². The second kappa shape index (κ2) is 8.92. The van der Waals surface area contributed by atoms with Crippen LogP contribution in [0.1, 0.15) is 16.9 Å². The molecule has 150 valence electrons. The predicted molar refractivity (Wildman–Crippen MR) is 110 cm³/mol. The molecule has 0 fully saturated rings. The van der Waals surface area contributed by atoms with Gasteiger partial charge in [-0.15, -0.1) is 0 Å². The highest BCUT2D eigenvalue weighted by Crippen LogP contribution is 2.29. The second-order valence-corrected chi connectivity index (χ2v) is 6.24. The number of rotatable bonds is 8. The minimum Gasteiger partial charge on any atom is -0.493 e. The van der Waals surface area contributed by atoms with E-state index in [0.29, 0.717) is 35.1 Å². The summed E-state index contributed by atoms with van der Waals surface area (Å²) in [5, 5.41) is 15.2. The first-order valence-electron chi connectivity index (χ1n) is 8.84. The first-order valence-corrected chi connectivity index (χ1v) is 8.84. The molecule has 0 aliphatic rings. The lowest BCUT2D eigenvalue weighted by atomic mass is 10.1. The molecule has 0 aliphatic carbocycles. The fourth-order valence-electron chi connectivity index (χ4n) is 2.79. The third-order valence-corrected chi connectivity index (χ3v) is 4.34. The van der Waals surface area contributed by atoms with E-state index in [-0.39, 0.29) is 5.69 Å². The number of ether oxygens (including phenoxy) is 2. The van der Waals surface area contributed by atoms with E-state index in [4.69, 9.17) is 13.9 Å². The summed E-state index contributed by atoms with van der Waals surface area (Å²) >= 11 is 0. The van der Waals surface area contributed by atoms with E-state index < -0.39 is 4.92 Å². The highest BCUT2D eigenvalue weighted by Gasteiger charge is 2.13. The van der Waals surface area contributed by atoms with Crippen LogP contribution in [0, 0.1) is 17.0 Å². The molecule has 0 saturated carbocycles. The van der Waals surface area contributed by atoms with Crippen molar-refractivity contribution in [2.45, 2.75) is 13.5 Å². The number of hydrogen-bond donors (Lipinski definition) is 1. The monoisotopic (exact) mass is 395 g/mol. The van der Waals surface area contributed by atoms with Crippen molar-refractivity contribution in [2.75, 3.05) is 14.2 Å². The van der Waals surface area contributed by atoms with Gasteiger partial charge in [0.05, 0.1) is 31.9 Å². The average Bonchev–Trinajstić information content (AvgIpc) is 3.19. The summed E-state index contributed by atoms with van der Waals surface area (Å²) in [5.41, 5.74) is 5.51. The zero-order valence-electron chi connectivity index (χ0n) is 16.3. The standard InChI is InChI=1S/C21H21N3O5/c1-14-4-6-16(24(25)26)11-18(14)19-9-7-17(29-19)13-23-22-12-15-5-8-20(27-2)21(10-15)28-3/h4-11,13,22H,12H2,1-3H3/b23-13-. The molecule has 0 unspecified atom stereocenters. The highest BCUT2D eigenvalue weighted by molar-refractivity contribution is 5.77. The van der Waals surface area contributed by atoms with Crippen molar-refractivity contribution in [3.63, 3.8) is 0 Å². The molecule has 0 radical (unpaired) electrons. The Balaban J connectivity index is 1.66. The van der Waals surface area contributed by atoms with Crippen LogP contribution in [0.3, 0.4) is 0 Å². The van der Waals surface area contributed by atoms with Gasteiger partial charge >= 0.3 is 0 Å². The molecule has 3 aromatic rings. The molecule has 1 heterocycles. The van der Waals surface area contributed by atoms with Gasteiger partial charge in [0.1, 0.15) is 11.5 Å². The largest absolute Gasteiger partial charge is 0.493 e. The van der Waals surface area contributed by atoms with Gasteiger partial charge in [0.25, 0.3) is 5.69 Å². The van der Waals surface area contributed by atoms with Crippen molar-refractivity contribution in [1.29, 1.82) is 0 Å². The van der Waals surface area contributed by atoms with Crippen LogP contribution < -0.4 is 14.9 Å². The summed E-state index contributed by atoms with van der Waals surface area (Å²) in [4.78, 5) is 10.6. The Morgan fingerprint density at radius 1 is 1.10 bits per heavy atom. The number of benzene rings is 2. The quantitative estimate of drug-likeness (QED) is 0.347. The average molecular weight is 395 g/mol. The Labute approximate surface area is 167 Å². The van der Waals surface area contributed by atoms with E-state index in [1.807, 2.05) is 25.1 Å². The summed E-state index contributed by atoms with van der Waals surface area (Å²) in [5.74, 6) is 2.40. The lowest BCUT2D eigenvalue weighted by Crippen LogP contribution is -2.05. The van der Waals surface area contributed by atoms with Crippen LogP contribution >= 0.6 is 0 Å². The summed E-state index contributed by atoms with van der Waals surface area (Å²) in [7, 11) is 3.18. The zero-order chi connectivity index (χ0) is 20.8. The Kier molecular flexibility index (Phi) is 6.13. The predicted octanol–water partition coefficient (Wildman–Crippen LogP) is 4.30. The Morgan fingerprint density at radius 2 is 1.90 bits per heavy atom. The lowest BCUT2D eigenvalue weighted by Gasteiger charge is -2.09. The van der Waals surface area contributed by atoms with E-state index in [0.717, 1.165) is 11.1 Å². The minimum absolute atomic E-state index is 0.0220. The fraction of sp³-hybridized carbons (Fsp3) is 0.190. The number of nitrogens with one attached hydrogen (secondary N) is 1. The van der Waals surface area contributed by atoms with Crippen molar-refractivity contribution in [3.8, 4) is 22.8 Å².